The Morgan fingerprint density at radius 1 is 1.14 bits per heavy atom. The number of rotatable bonds is 4. The van der Waals surface area contributed by atoms with Crippen LogP contribution < -0.4 is 0 Å². The van der Waals surface area contributed by atoms with E-state index < -0.39 is 5.82 Å². The fourth-order valence-electron chi connectivity index (χ4n) is 2.21. The first-order valence-corrected chi connectivity index (χ1v) is 6.96. The fraction of sp³-hybridized carbons (Fsp3) is 0.133. The number of benzene rings is 2. The zero-order valence-electron chi connectivity index (χ0n) is 11.4. The summed E-state index contributed by atoms with van der Waals surface area (Å²) in [6, 6.07) is 11.7. The summed E-state index contributed by atoms with van der Waals surface area (Å²) in [5.41, 5.74) is 1.71. The molecule has 0 saturated heterocycles. The number of tetrazole rings is 1. The third-order valence-corrected chi connectivity index (χ3v) is 3.68. The average molecular weight is 319 g/mol. The molecule has 0 radical (unpaired) electrons. The Bertz CT molecular complexity index is 785. The lowest BCUT2D eigenvalue weighted by atomic mass is 10.1. The van der Waals surface area contributed by atoms with Crippen LogP contribution in [-0.2, 0) is 13.2 Å². The highest BCUT2D eigenvalue weighted by Crippen LogP contribution is 2.24. The lowest BCUT2D eigenvalue weighted by Gasteiger charge is -2.09. The van der Waals surface area contributed by atoms with Crippen molar-refractivity contribution in [3.63, 3.8) is 0 Å². The zero-order valence-corrected chi connectivity index (χ0v) is 12.2. The predicted molar refractivity (Wildman–Crippen MR) is 79.7 cm³/mol. The van der Waals surface area contributed by atoms with Gasteiger partial charge in [-0.05, 0) is 28.1 Å². The molecule has 3 rings (SSSR count). The zero-order chi connectivity index (χ0) is 15.5. The van der Waals surface area contributed by atoms with Gasteiger partial charge < -0.3 is 5.11 Å². The second kappa shape index (κ2) is 6.21. The Hall–Kier alpha value is -2.31. The van der Waals surface area contributed by atoms with Crippen molar-refractivity contribution >= 4 is 11.6 Å². The smallest absolute Gasteiger partial charge is 0.182 e. The van der Waals surface area contributed by atoms with Crippen molar-refractivity contribution in [3.05, 3.63) is 64.4 Å². The molecular weight excluding hydrogens is 307 g/mol. The van der Waals surface area contributed by atoms with Crippen molar-refractivity contribution in [3.8, 4) is 11.4 Å². The Morgan fingerprint density at radius 3 is 2.73 bits per heavy atom. The van der Waals surface area contributed by atoms with Crippen LogP contribution in [0.3, 0.4) is 0 Å². The van der Waals surface area contributed by atoms with Gasteiger partial charge in [0.15, 0.2) is 5.82 Å². The average Bonchev–Trinajstić information content (AvgIpc) is 2.99. The normalized spacial score (nSPS) is 10.9. The van der Waals surface area contributed by atoms with Gasteiger partial charge in [-0.15, -0.1) is 5.10 Å². The molecule has 0 atom stereocenters. The summed E-state index contributed by atoms with van der Waals surface area (Å²) in [5.74, 6) is 0.0355. The van der Waals surface area contributed by atoms with Gasteiger partial charge in [-0.25, -0.2) is 9.07 Å². The van der Waals surface area contributed by atoms with Crippen LogP contribution in [0.1, 0.15) is 11.1 Å². The number of hydrogen-bond donors (Lipinski definition) is 1. The van der Waals surface area contributed by atoms with Gasteiger partial charge in [0.25, 0.3) is 0 Å². The number of aliphatic hydroxyl groups excluding tert-OH is 1. The molecule has 0 spiro atoms. The number of halogens is 2. The van der Waals surface area contributed by atoms with Crippen molar-refractivity contribution in [1.82, 2.24) is 20.2 Å². The van der Waals surface area contributed by atoms with Gasteiger partial charge in [0, 0.05) is 16.1 Å². The molecule has 0 amide bonds. The monoisotopic (exact) mass is 318 g/mol. The van der Waals surface area contributed by atoms with Gasteiger partial charge in [0.1, 0.15) is 5.82 Å². The maximum atomic E-state index is 13.9. The SMILES string of the molecule is OCc1ccccc1-c1nnnn1Cc1c(F)cccc1Cl. The molecule has 1 heterocycles. The van der Waals surface area contributed by atoms with Crippen LogP contribution in [-0.4, -0.2) is 25.3 Å². The van der Waals surface area contributed by atoms with Gasteiger partial charge >= 0.3 is 0 Å². The van der Waals surface area contributed by atoms with E-state index in [2.05, 4.69) is 15.5 Å². The minimum atomic E-state index is -0.413. The molecule has 0 aliphatic carbocycles. The summed E-state index contributed by atoms with van der Waals surface area (Å²) in [6.45, 7) is -0.0307. The van der Waals surface area contributed by atoms with Crippen LogP contribution >= 0.6 is 11.6 Å². The molecule has 112 valence electrons. The molecule has 22 heavy (non-hydrogen) atoms. The minimum absolute atomic E-state index is 0.105. The van der Waals surface area contributed by atoms with Gasteiger partial charge in [-0.3, -0.25) is 0 Å². The summed E-state index contributed by atoms with van der Waals surface area (Å²) >= 11 is 6.04. The Balaban J connectivity index is 2.03. The number of aliphatic hydroxyl groups is 1. The van der Waals surface area contributed by atoms with Gasteiger partial charge in [-0.1, -0.05) is 41.9 Å². The standard InChI is InChI=1S/C15H12ClFN4O/c16-13-6-3-7-14(17)12(13)8-21-15(18-19-20-21)11-5-2-1-4-10(11)9-22/h1-7,22H,8-9H2. The maximum absolute atomic E-state index is 13.9. The maximum Gasteiger partial charge on any atom is 0.182 e. The summed E-state index contributed by atoms with van der Waals surface area (Å²) in [5, 5.41) is 21.3. The number of hydrogen-bond acceptors (Lipinski definition) is 4. The minimum Gasteiger partial charge on any atom is -0.392 e. The van der Waals surface area contributed by atoms with E-state index in [1.54, 1.807) is 24.3 Å². The first kappa shape index (κ1) is 14.6. The Kier molecular flexibility index (Phi) is 4.13. The van der Waals surface area contributed by atoms with E-state index in [9.17, 15) is 9.50 Å². The molecule has 3 aromatic rings. The lowest BCUT2D eigenvalue weighted by molar-refractivity contribution is 0.282. The summed E-state index contributed by atoms with van der Waals surface area (Å²) in [6.07, 6.45) is 0. The molecule has 0 unspecified atom stereocenters. The Morgan fingerprint density at radius 2 is 1.95 bits per heavy atom. The first-order chi connectivity index (χ1) is 10.7. The van der Waals surface area contributed by atoms with Crippen LogP contribution in [0.4, 0.5) is 4.39 Å². The van der Waals surface area contributed by atoms with Crippen molar-refractivity contribution < 1.29 is 9.50 Å². The second-order valence-electron chi connectivity index (χ2n) is 4.68. The van der Waals surface area contributed by atoms with Crippen LogP contribution in [0.5, 0.6) is 0 Å². The van der Waals surface area contributed by atoms with E-state index in [4.69, 9.17) is 11.6 Å². The molecule has 0 fully saturated rings. The van der Waals surface area contributed by atoms with E-state index in [-0.39, 0.29) is 13.2 Å². The van der Waals surface area contributed by atoms with Gasteiger partial charge in [0.2, 0.25) is 0 Å². The van der Waals surface area contributed by atoms with Crippen molar-refractivity contribution in [2.75, 3.05) is 0 Å². The quantitative estimate of drug-likeness (QED) is 0.803. The highest BCUT2D eigenvalue weighted by molar-refractivity contribution is 6.31. The second-order valence-corrected chi connectivity index (χ2v) is 5.08. The summed E-state index contributed by atoms with van der Waals surface area (Å²) in [4.78, 5) is 0. The molecule has 2 aromatic carbocycles. The molecule has 0 aliphatic rings. The van der Waals surface area contributed by atoms with E-state index in [1.807, 2.05) is 12.1 Å². The molecule has 0 aliphatic heterocycles. The topological polar surface area (TPSA) is 63.8 Å². The number of aromatic nitrogens is 4. The van der Waals surface area contributed by atoms with Crippen molar-refractivity contribution in [2.24, 2.45) is 0 Å². The van der Waals surface area contributed by atoms with E-state index >= 15 is 0 Å². The number of nitrogens with zero attached hydrogens (tertiary/aromatic N) is 4. The van der Waals surface area contributed by atoms with Crippen LogP contribution in [0.2, 0.25) is 5.02 Å². The molecule has 0 bridgehead atoms. The van der Waals surface area contributed by atoms with E-state index in [1.165, 1.54) is 10.7 Å². The Labute approximate surface area is 131 Å². The van der Waals surface area contributed by atoms with Crippen LogP contribution in [0.25, 0.3) is 11.4 Å². The molecule has 7 heteroatoms. The third-order valence-electron chi connectivity index (χ3n) is 3.33. The fourth-order valence-corrected chi connectivity index (χ4v) is 2.44. The van der Waals surface area contributed by atoms with E-state index in [0.717, 1.165) is 0 Å². The largest absolute Gasteiger partial charge is 0.392 e. The highest BCUT2D eigenvalue weighted by atomic mass is 35.5. The van der Waals surface area contributed by atoms with Crippen molar-refractivity contribution in [2.45, 2.75) is 13.2 Å². The van der Waals surface area contributed by atoms with Crippen molar-refractivity contribution in [1.29, 1.82) is 0 Å². The summed E-state index contributed by atoms with van der Waals surface area (Å²) < 4.78 is 15.4. The van der Waals surface area contributed by atoms with E-state index in [0.29, 0.717) is 27.5 Å². The first-order valence-electron chi connectivity index (χ1n) is 6.59. The lowest BCUT2D eigenvalue weighted by Crippen LogP contribution is -2.07. The predicted octanol–water partition coefficient (Wildman–Crippen LogP) is 2.67. The van der Waals surface area contributed by atoms with Gasteiger partial charge in [-0.2, -0.15) is 0 Å². The molecule has 1 N–H and O–H groups in total. The molecule has 1 aromatic heterocycles. The summed E-state index contributed by atoms with van der Waals surface area (Å²) in [7, 11) is 0. The van der Waals surface area contributed by atoms with Gasteiger partial charge in [0.05, 0.1) is 13.2 Å². The third kappa shape index (κ3) is 2.70. The molecular formula is C15H12ClFN4O. The van der Waals surface area contributed by atoms with Crippen LogP contribution in [0.15, 0.2) is 42.5 Å². The highest BCUT2D eigenvalue weighted by Gasteiger charge is 2.15. The van der Waals surface area contributed by atoms with Crippen LogP contribution in [0, 0.1) is 5.82 Å². The molecule has 5 nitrogen and oxygen atoms in total. The molecule has 0 saturated carbocycles.